The highest BCUT2D eigenvalue weighted by Gasteiger charge is 2.56. The number of nitrogens with one attached hydrogen (secondary N) is 6. The number of carbonyl (C=O) groups is 4. The van der Waals surface area contributed by atoms with E-state index in [-0.39, 0.29) is 59.7 Å². The van der Waals surface area contributed by atoms with Gasteiger partial charge >= 0.3 is 0 Å². The second kappa shape index (κ2) is 24.7. The average Bonchev–Trinajstić information content (AvgIpc) is 3.64. The lowest BCUT2D eigenvalue weighted by atomic mass is 9.83. The zero-order valence-corrected chi connectivity index (χ0v) is 44.3. The third kappa shape index (κ3) is 13.3. The van der Waals surface area contributed by atoms with Gasteiger partial charge in [0.25, 0.3) is 0 Å². The van der Waals surface area contributed by atoms with Crippen LogP contribution in [0.4, 0.5) is 0 Å². The summed E-state index contributed by atoms with van der Waals surface area (Å²) in [5, 5.41) is 19.2. The normalized spacial score (nSPS) is 26.0. The SMILES string of the molecule is CN[C@@H](C)C(=S)N[C@@H]1CCSC2CC(C)(C)[C@H](C(=O)N[C@@H](COCCCCOC[C@@H](NC(=O)[C@H]3N4C(=O)[C@@H](NC(=S)[C@@H](C)NC)CCSC4CC3(C)C)c3ccccc3)c3ccccc3)N2C1=O. The van der Waals surface area contributed by atoms with Crippen LogP contribution in [0.5, 0.6) is 0 Å². The molecular weight excluding hydrogens is 937 g/mol. The van der Waals surface area contributed by atoms with Gasteiger partial charge < -0.3 is 51.2 Å². The Morgan fingerprint density at radius 1 is 0.662 bits per heavy atom. The zero-order valence-electron chi connectivity index (χ0n) is 41.0. The molecule has 14 nitrogen and oxygen atoms in total. The Morgan fingerprint density at radius 2 is 1.03 bits per heavy atom. The molecule has 4 amide bonds. The Labute approximate surface area is 423 Å². The van der Waals surface area contributed by atoms with Gasteiger partial charge in [0.1, 0.15) is 24.2 Å². The van der Waals surface area contributed by atoms with Crippen LogP contribution in [0.2, 0.25) is 0 Å². The van der Waals surface area contributed by atoms with Crippen LogP contribution in [0.1, 0.15) is 103 Å². The van der Waals surface area contributed by atoms with E-state index in [1.807, 2.05) is 98.4 Å². The lowest BCUT2D eigenvalue weighted by Crippen LogP contribution is -2.58. The third-order valence-corrected chi connectivity index (χ3v) is 17.3. The van der Waals surface area contributed by atoms with Gasteiger partial charge in [-0.1, -0.05) is 113 Å². The minimum Gasteiger partial charge on any atom is -0.379 e. The summed E-state index contributed by atoms with van der Waals surface area (Å²) in [7, 11) is 3.67. The monoisotopic (exact) mass is 1010 g/mol. The summed E-state index contributed by atoms with van der Waals surface area (Å²) in [6.45, 7) is 13.6. The molecule has 2 aromatic rings. The largest absolute Gasteiger partial charge is 0.379 e. The van der Waals surface area contributed by atoms with Crippen LogP contribution in [0.15, 0.2) is 60.7 Å². The first-order chi connectivity index (χ1) is 32.5. The average molecular weight is 1010 g/mol. The number of nitrogens with zero attached hydrogens (tertiary/aromatic N) is 2. The summed E-state index contributed by atoms with van der Waals surface area (Å²) in [6.07, 6.45) is 4.11. The molecule has 18 heteroatoms. The van der Waals surface area contributed by atoms with E-state index in [1.165, 1.54) is 0 Å². The molecule has 4 saturated heterocycles. The highest BCUT2D eigenvalue weighted by Crippen LogP contribution is 2.48. The molecule has 0 saturated carbocycles. The number of fused-ring (bicyclic) bond motifs is 2. The molecule has 0 spiro atoms. The first kappa shape index (κ1) is 54.0. The van der Waals surface area contributed by atoms with Crippen LogP contribution in [0.25, 0.3) is 0 Å². The van der Waals surface area contributed by atoms with E-state index in [0.29, 0.717) is 48.9 Å². The van der Waals surface area contributed by atoms with Crippen molar-refractivity contribution >= 4 is 81.6 Å². The van der Waals surface area contributed by atoms with Gasteiger partial charge in [0.05, 0.1) is 58.1 Å². The minimum absolute atomic E-state index is 0.0863. The number of hydrogen-bond donors (Lipinski definition) is 6. The first-order valence-corrected chi connectivity index (χ1v) is 27.1. The number of amides is 4. The van der Waals surface area contributed by atoms with Gasteiger partial charge in [-0.15, -0.1) is 23.5 Å². The third-order valence-electron chi connectivity index (χ3n) is 13.8. The van der Waals surface area contributed by atoms with E-state index in [1.54, 1.807) is 23.5 Å². The van der Waals surface area contributed by atoms with E-state index in [9.17, 15) is 19.2 Å². The summed E-state index contributed by atoms with van der Waals surface area (Å²) in [5.74, 6) is 0.996. The number of hydrogen-bond acceptors (Lipinski definition) is 12. The maximum Gasteiger partial charge on any atom is 0.246 e. The number of benzene rings is 2. The van der Waals surface area contributed by atoms with Gasteiger partial charge in [0.15, 0.2) is 0 Å². The van der Waals surface area contributed by atoms with Crippen LogP contribution in [-0.2, 0) is 28.7 Å². The number of thioether (sulfide) groups is 2. The lowest BCUT2D eigenvalue weighted by Gasteiger charge is -2.35. The molecule has 0 bridgehead atoms. The standard InChI is InChI=1S/C50H74N8O6S4/c1-31(51-7)45(65)55-35-21-25-67-39-27-49(3,4)41(57(39)47(35)61)43(59)53-37(33-17-11-9-12-18-33)29-63-23-15-16-24-64-30-38(34-19-13-10-14-20-34)54-44(60)42-50(5,6)28-40-58(42)48(62)36(22-26-68-40)56-46(66)32(2)52-8/h9-14,17-20,31-32,35-42,51-52H,15-16,21-30H2,1-8H3,(H,53,59)(H,54,60)(H,55,65)(H,56,66)/t31-,32+,35+,36-,37-,38+,39?,40?,41-,42+. The van der Waals surface area contributed by atoms with Gasteiger partial charge in [-0.3, -0.25) is 19.2 Å². The first-order valence-electron chi connectivity index (χ1n) is 24.2. The predicted molar refractivity (Wildman–Crippen MR) is 281 cm³/mol. The van der Waals surface area contributed by atoms with Crippen LogP contribution in [0, 0.1) is 10.8 Å². The Morgan fingerprint density at radius 3 is 1.38 bits per heavy atom. The van der Waals surface area contributed by atoms with Gasteiger partial charge in [-0.2, -0.15) is 0 Å². The van der Waals surface area contributed by atoms with E-state index in [4.69, 9.17) is 33.9 Å². The van der Waals surface area contributed by atoms with Crippen molar-refractivity contribution in [2.45, 2.75) is 139 Å². The van der Waals surface area contributed by atoms with Gasteiger partial charge in [0, 0.05) is 13.2 Å². The lowest BCUT2D eigenvalue weighted by molar-refractivity contribution is -0.142. The number of likely N-dealkylation sites (N-methyl/N-ethyl adjacent to an activating group) is 2. The molecule has 10 atom stereocenters. The van der Waals surface area contributed by atoms with Crippen molar-refractivity contribution in [2.75, 3.05) is 52.0 Å². The summed E-state index contributed by atoms with van der Waals surface area (Å²) in [5.41, 5.74) is 0.932. The van der Waals surface area contributed by atoms with E-state index in [0.717, 1.165) is 35.5 Å². The fourth-order valence-corrected chi connectivity index (χ4v) is 13.4. The zero-order chi connectivity index (χ0) is 49.2. The number of unbranched alkanes of at least 4 members (excludes halogenated alkanes) is 1. The predicted octanol–water partition coefficient (Wildman–Crippen LogP) is 5.48. The Kier molecular flexibility index (Phi) is 19.6. The molecule has 4 aliphatic rings. The molecule has 4 heterocycles. The molecule has 4 aliphatic heterocycles. The van der Waals surface area contributed by atoms with Crippen LogP contribution >= 0.6 is 48.0 Å². The molecule has 2 unspecified atom stereocenters. The van der Waals surface area contributed by atoms with Crippen molar-refractivity contribution in [1.29, 1.82) is 0 Å². The van der Waals surface area contributed by atoms with Crippen molar-refractivity contribution < 1.29 is 28.7 Å². The highest BCUT2D eigenvalue weighted by atomic mass is 32.2. The van der Waals surface area contributed by atoms with Gasteiger partial charge in [0.2, 0.25) is 23.6 Å². The van der Waals surface area contributed by atoms with E-state index in [2.05, 4.69) is 59.6 Å². The molecule has 0 aliphatic carbocycles. The molecular formula is C50H74N8O6S4. The second-order valence-electron chi connectivity index (χ2n) is 19.9. The Hall–Kier alpha value is -3.36. The maximum absolute atomic E-state index is 14.5. The molecule has 6 N–H and O–H groups in total. The fourth-order valence-electron chi connectivity index (χ4n) is 9.68. The Balaban J connectivity index is 1.03. The second-order valence-corrected chi connectivity index (χ2v) is 23.3. The van der Waals surface area contributed by atoms with E-state index >= 15 is 0 Å². The summed E-state index contributed by atoms with van der Waals surface area (Å²) in [4.78, 5) is 62.1. The van der Waals surface area contributed by atoms with Crippen LogP contribution in [0.3, 0.4) is 0 Å². The van der Waals surface area contributed by atoms with Gasteiger partial charge in [-0.25, -0.2) is 0 Å². The number of rotatable bonds is 21. The number of ether oxygens (including phenoxy) is 2. The van der Waals surface area contributed by atoms with Gasteiger partial charge in [-0.05, 0) is 99.9 Å². The fraction of sp³-hybridized carbons (Fsp3) is 0.640. The molecule has 374 valence electrons. The van der Waals surface area contributed by atoms with Crippen molar-refractivity contribution in [3.8, 4) is 0 Å². The maximum atomic E-state index is 14.5. The van der Waals surface area contributed by atoms with Crippen molar-refractivity contribution in [1.82, 2.24) is 41.7 Å². The highest BCUT2D eigenvalue weighted by molar-refractivity contribution is 8.00. The molecule has 4 fully saturated rings. The minimum atomic E-state index is -0.665. The van der Waals surface area contributed by atoms with E-state index < -0.39 is 47.1 Å². The smallest absolute Gasteiger partial charge is 0.246 e. The molecule has 2 aromatic carbocycles. The Bertz CT molecular complexity index is 1910. The number of carbonyl (C=O) groups excluding carboxylic acids is 4. The summed E-state index contributed by atoms with van der Waals surface area (Å²) < 4.78 is 12.5. The van der Waals surface area contributed by atoms with Crippen molar-refractivity contribution in [3.05, 3.63) is 71.8 Å². The van der Waals surface area contributed by atoms with Crippen molar-refractivity contribution in [2.24, 2.45) is 10.8 Å². The van der Waals surface area contributed by atoms with Crippen LogP contribution < -0.4 is 31.9 Å². The summed E-state index contributed by atoms with van der Waals surface area (Å²) >= 11 is 14.7. The molecule has 0 aromatic heterocycles. The topological polar surface area (TPSA) is 165 Å². The molecule has 68 heavy (non-hydrogen) atoms. The molecule has 6 rings (SSSR count). The number of thiocarbonyl (C=S) groups is 2. The molecule has 0 radical (unpaired) electrons. The van der Waals surface area contributed by atoms with Crippen molar-refractivity contribution in [3.63, 3.8) is 0 Å². The quantitative estimate of drug-likeness (QED) is 0.0688. The van der Waals surface area contributed by atoms with Crippen LogP contribution in [-0.4, -0.2) is 142 Å². The summed E-state index contributed by atoms with van der Waals surface area (Å²) in [6, 6.07) is 16.2.